The zero-order valence-electron chi connectivity index (χ0n) is 18.9. The third-order valence-corrected chi connectivity index (χ3v) is 9.01. The number of fused-ring (bicyclic) bond motifs is 6. The molecule has 174 valence electrons. The van der Waals surface area contributed by atoms with Crippen LogP contribution in [0.1, 0.15) is 58.7 Å². The van der Waals surface area contributed by atoms with Crippen LogP contribution in [0.2, 0.25) is 0 Å². The highest BCUT2D eigenvalue weighted by atomic mass is 32.2. The van der Waals surface area contributed by atoms with E-state index in [1.807, 2.05) is 17.4 Å². The number of ketones is 1. The smallest absolute Gasteiger partial charge is 0.197 e. The minimum Gasteiger partial charge on any atom is -0.486 e. The number of carbonyl (C=O) groups is 1. The summed E-state index contributed by atoms with van der Waals surface area (Å²) < 4.78 is 13.3. The molecule has 4 heterocycles. The van der Waals surface area contributed by atoms with Crippen molar-refractivity contribution in [3.63, 3.8) is 0 Å². The van der Waals surface area contributed by atoms with Crippen LogP contribution in [-0.4, -0.2) is 44.3 Å². The molecule has 1 aromatic carbocycles. The first kappa shape index (κ1) is 20.7. The molecule has 9 heteroatoms. The first-order chi connectivity index (χ1) is 16.7. The molecular weight excluding hydrogens is 468 g/mol. The van der Waals surface area contributed by atoms with Crippen molar-refractivity contribution in [2.45, 2.75) is 50.1 Å². The van der Waals surface area contributed by atoms with Gasteiger partial charge in [-0.25, -0.2) is 4.98 Å². The Balaban J connectivity index is 1.24. The van der Waals surface area contributed by atoms with Gasteiger partial charge < -0.3 is 9.47 Å². The van der Waals surface area contributed by atoms with Crippen LogP contribution in [-0.2, 0) is 12.8 Å². The van der Waals surface area contributed by atoms with Crippen LogP contribution in [0.5, 0.6) is 11.5 Å². The number of thiophene rings is 1. The average Bonchev–Trinajstić information content (AvgIpc) is 3.52. The first-order valence-corrected chi connectivity index (χ1v) is 13.7. The van der Waals surface area contributed by atoms with Gasteiger partial charge in [0.15, 0.2) is 28.1 Å². The predicted octanol–water partition coefficient (Wildman–Crippen LogP) is 5.09. The minimum absolute atomic E-state index is 0.0302. The summed E-state index contributed by atoms with van der Waals surface area (Å²) in [4.78, 5) is 20.7. The van der Waals surface area contributed by atoms with Crippen LogP contribution < -0.4 is 9.47 Å². The topological polar surface area (TPSA) is 78.6 Å². The molecular formula is C25H24N4O3S2. The van der Waals surface area contributed by atoms with Gasteiger partial charge in [0.2, 0.25) is 0 Å². The van der Waals surface area contributed by atoms with E-state index in [0.29, 0.717) is 36.2 Å². The van der Waals surface area contributed by atoms with E-state index < -0.39 is 0 Å². The summed E-state index contributed by atoms with van der Waals surface area (Å²) in [6.45, 7) is 3.37. The van der Waals surface area contributed by atoms with Crippen molar-refractivity contribution < 1.29 is 14.3 Å². The van der Waals surface area contributed by atoms with Gasteiger partial charge in [-0.1, -0.05) is 18.7 Å². The molecule has 0 N–H and O–H groups in total. The van der Waals surface area contributed by atoms with Crippen LogP contribution in [0, 0.1) is 5.92 Å². The largest absolute Gasteiger partial charge is 0.486 e. The molecule has 1 atom stereocenters. The van der Waals surface area contributed by atoms with Crippen LogP contribution in [0.3, 0.4) is 0 Å². The number of carbonyl (C=O) groups excluding carboxylic acids is 1. The Labute approximate surface area is 204 Å². The lowest BCUT2D eigenvalue weighted by Crippen LogP contribution is -2.16. The molecule has 1 aliphatic heterocycles. The average molecular weight is 493 g/mol. The Morgan fingerprint density at radius 1 is 1.18 bits per heavy atom. The second-order valence-corrected chi connectivity index (χ2v) is 11.5. The second kappa shape index (κ2) is 7.95. The first-order valence-electron chi connectivity index (χ1n) is 11.9. The van der Waals surface area contributed by atoms with Crippen LogP contribution in [0.15, 0.2) is 23.4 Å². The zero-order valence-corrected chi connectivity index (χ0v) is 20.5. The molecule has 1 saturated carbocycles. The number of aryl methyl sites for hydroxylation is 1. The van der Waals surface area contributed by atoms with Crippen molar-refractivity contribution in [1.82, 2.24) is 19.6 Å². The molecule has 0 saturated heterocycles. The number of rotatable bonds is 5. The van der Waals surface area contributed by atoms with E-state index in [9.17, 15) is 4.79 Å². The number of hydrogen-bond acceptors (Lipinski definition) is 8. The molecule has 0 amide bonds. The van der Waals surface area contributed by atoms with E-state index in [-0.39, 0.29) is 11.5 Å². The van der Waals surface area contributed by atoms with E-state index in [1.54, 1.807) is 12.1 Å². The lowest BCUT2D eigenvalue weighted by molar-refractivity contribution is 0.102. The maximum absolute atomic E-state index is 13.0. The predicted molar refractivity (Wildman–Crippen MR) is 132 cm³/mol. The lowest BCUT2D eigenvalue weighted by Gasteiger charge is -2.18. The molecule has 7 nitrogen and oxygen atoms in total. The van der Waals surface area contributed by atoms with E-state index in [0.717, 1.165) is 53.1 Å². The van der Waals surface area contributed by atoms with Gasteiger partial charge in [0.1, 0.15) is 23.9 Å². The number of Topliss-reactive ketones (excluding diaryl/α,β-unsaturated/α-hetero) is 1. The highest BCUT2D eigenvalue weighted by Gasteiger charge is 2.32. The Hall–Kier alpha value is -2.65. The Kier molecular flexibility index (Phi) is 4.84. The fourth-order valence-electron chi connectivity index (χ4n) is 4.98. The molecule has 7 rings (SSSR count). The van der Waals surface area contributed by atoms with Crippen molar-refractivity contribution in [3.8, 4) is 11.5 Å². The maximum atomic E-state index is 13.0. The van der Waals surface area contributed by atoms with Gasteiger partial charge in [-0.15, -0.1) is 21.5 Å². The van der Waals surface area contributed by atoms with Crippen LogP contribution in [0.25, 0.3) is 15.9 Å². The number of benzene rings is 1. The number of hydrogen-bond donors (Lipinski definition) is 0. The van der Waals surface area contributed by atoms with Crippen LogP contribution >= 0.6 is 23.1 Å². The number of ether oxygens (including phenoxy) is 2. The van der Waals surface area contributed by atoms with Gasteiger partial charge in [0.25, 0.3) is 0 Å². The van der Waals surface area contributed by atoms with Gasteiger partial charge in [-0.3, -0.25) is 9.20 Å². The fourth-order valence-corrected chi connectivity index (χ4v) is 7.20. The molecule has 0 unspecified atom stereocenters. The second-order valence-electron chi connectivity index (χ2n) is 9.49. The number of aromatic nitrogens is 4. The fraction of sp³-hybridized carbons (Fsp3) is 0.440. The monoisotopic (exact) mass is 492 g/mol. The minimum atomic E-state index is 0.0302. The molecule has 0 bridgehead atoms. The highest BCUT2D eigenvalue weighted by molar-refractivity contribution is 7.99. The Morgan fingerprint density at radius 3 is 2.88 bits per heavy atom. The Morgan fingerprint density at radius 2 is 2.03 bits per heavy atom. The van der Waals surface area contributed by atoms with Gasteiger partial charge >= 0.3 is 0 Å². The summed E-state index contributed by atoms with van der Waals surface area (Å²) in [5, 5.41) is 11.1. The van der Waals surface area contributed by atoms with E-state index in [2.05, 4.69) is 21.5 Å². The van der Waals surface area contributed by atoms with Gasteiger partial charge in [-0.2, -0.15) is 0 Å². The molecule has 3 aliphatic rings. The molecule has 2 aliphatic carbocycles. The maximum Gasteiger partial charge on any atom is 0.197 e. The molecule has 0 radical (unpaired) electrons. The van der Waals surface area contributed by atoms with E-state index in [4.69, 9.17) is 14.5 Å². The third-order valence-electron chi connectivity index (χ3n) is 6.93. The van der Waals surface area contributed by atoms with Gasteiger partial charge in [0.05, 0.1) is 11.1 Å². The van der Waals surface area contributed by atoms with Crippen molar-refractivity contribution in [2.24, 2.45) is 5.92 Å². The normalized spacial score (nSPS) is 19.5. The SMILES string of the molecule is C[C@@H]1CCc2c(sc3nc(C4CC4)n4c(SCC(=O)c5ccc6c(c5)OCCO6)nnc4c23)C1. The van der Waals surface area contributed by atoms with Crippen molar-refractivity contribution in [2.75, 3.05) is 19.0 Å². The summed E-state index contributed by atoms with van der Waals surface area (Å²) in [5.74, 6) is 3.85. The Bertz CT molecular complexity index is 1460. The lowest BCUT2D eigenvalue weighted by atomic mass is 9.89. The number of nitrogens with zero attached hydrogens (tertiary/aromatic N) is 4. The summed E-state index contributed by atoms with van der Waals surface area (Å²) in [6.07, 6.45) is 5.70. The van der Waals surface area contributed by atoms with E-state index >= 15 is 0 Å². The van der Waals surface area contributed by atoms with Crippen LogP contribution in [0.4, 0.5) is 0 Å². The summed E-state index contributed by atoms with van der Waals surface area (Å²) in [5.41, 5.74) is 2.94. The summed E-state index contributed by atoms with van der Waals surface area (Å²) in [6, 6.07) is 5.39. The highest BCUT2D eigenvalue weighted by Crippen LogP contribution is 2.44. The molecule has 34 heavy (non-hydrogen) atoms. The molecule has 0 spiro atoms. The van der Waals surface area contributed by atoms with Crippen molar-refractivity contribution in [1.29, 1.82) is 0 Å². The molecule has 4 aromatic rings. The zero-order chi connectivity index (χ0) is 22.8. The quantitative estimate of drug-likeness (QED) is 0.284. The summed E-state index contributed by atoms with van der Waals surface area (Å²) in [7, 11) is 0. The number of thioether (sulfide) groups is 1. The van der Waals surface area contributed by atoms with Crippen molar-refractivity contribution in [3.05, 3.63) is 40.0 Å². The van der Waals surface area contributed by atoms with E-state index in [1.165, 1.54) is 34.0 Å². The van der Waals surface area contributed by atoms with Gasteiger partial charge in [0, 0.05) is 16.4 Å². The third kappa shape index (κ3) is 3.40. The molecule has 3 aromatic heterocycles. The summed E-state index contributed by atoms with van der Waals surface area (Å²) >= 11 is 3.27. The molecule has 1 fully saturated rings. The standard InChI is InChI=1S/C25H24N4O3S2/c1-13-2-6-16-20(10-13)34-24-21(16)23-27-28-25(29(23)22(26-24)14-3-4-14)33-12-17(30)15-5-7-18-19(11-15)32-9-8-31-18/h5,7,11,13-14H,2-4,6,8-10,12H2,1H3/t13-/m1/s1. The van der Waals surface area contributed by atoms with Crippen molar-refractivity contribution >= 4 is 44.7 Å². The van der Waals surface area contributed by atoms with Gasteiger partial charge in [-0.05, 0) is 61.8 Å².